The molecule has 0 atom stereocenters. The highest BCUT2D eigenvalue weighted by Gasteiger charge is 2.19. The highest BCUT2D eigenvalue weighted by molar-refractivity contribution is 5.76. The average molecular weight is 472 g/mol. The van der Waals surface area contributed by atoms with Crippen molar-refractivity contribution in [2.24, 2.45) is 5.92 Å². The predicted octanol–water partition coefficient (Wildman–Crippen LogP) is 4.15. The lowest BCUT2D eigenvalue weighted by atomic mass is 9.89. The molecular formula is C26H29N7O2. The molecule has 0 unspecified atom stereocenters. The van der Waals surface area contributed by atoms with Crippen LogP contribution in [0.15, 0.2) is 47.7 Å². The standard InChI is InChI=1S/C26H29N7O2/c1-17-12-28-20(14-27-17)15-30-24-26(34)33(16-18-6-4-3-5-7-18)25-22(31-24)10-9-21(32-25)19-8-11-23(35-2)29-13-19/h8-14,18H,3-7,15-16H2,1-2H3,(H,30,31). The summed E-state index contributed by atoms with van der Waals surface area (Å²) in [7, 11) is 1.59. The van der Waals surface area contributed by atoms with Crippen molar-refractivity contribution in [1.82, 2.24) is 29.5 Å². The maximum absolute atomic E-state index is 13.6. The molecule has 0 bridgehead atoms. The summed E-state index contributed by atoms with van der Waals surface area (Å²) >= 11 is 0. The van der Waals surface area contributed by atoms with Gasteiger partial charge in [0.2, 0.25) is 5.88 Å². The molecule has 1 aliphatic carbocycles. The summed E-state index contributed by atoms with van der Waals surface area (Å²) < 4.78 is 6.96. The monoisotopic (exact) mass is 471 g/mol. The zero-order valence-electron chi connectivity index (χ0n) is 20.1. The van der Waals surface area contributed by atoms with Crippen LogP contribution in [-0.2, 0) is 13.1 Å². The number of anilines is 1. The lowest BCUT2D eigenvalue weighted by molar-refractivity contribution is 0.319. The summed E-state index contributed by atoms with van der Waals surface area (Å²) in [5.74, 6) is 1.30. The van der Waals surface area contributed by atoms with E-state index in [0.29, 0.717) is 41.9 Å². The largest absolute Gasteiger partial charge is 0.481 e. The minimum Gasteiger partial charge on any atom is -0.481 e. The van der Waals surface area contributed by atoms with Crippen LogP contribution in [0.25, 0.3) is 22.4 Å². The summed E-state index contributed by atoms with van der Waals surface area (Å²) in [5.41, 5.74) is 4.28. The normalized spacial score (nSPS) is 14.2. The molecule has 180 valence electrons. The number of nitrogens with zero attached hydrogens (tertiary/aromatic N) is 6. The lowest BCUT2D eigenvalue weighted by Crippen LogP contribution is -2.29. The molecule has 4 aromatic heterocycles. The van der Waals surface area contributed by atoms with E-state index in [1.807, 2.05) is 25.1 Å². The van der Waals surface area contributed by atoms with Gasteiger partial charge in [0.15, 0.2) is 11.5 Å². The molecule has 5 rings (SSSR count). The fourth-order valence-corrected chi connectivity index (χ4v) is 4.53. The van der Waals surface area contributed by atoms with Gasteiger partial charge in [0, 0.05) is 30.6 Å². The molecule has 9 heteroatoms. The van der Waals surface area contributed by atoms with Crippen LogP contribution in [0.4, 0.5) is 5.82 Å². The quantitative estimate of drug-likeness (QED) is 0.428. The third kappa shape index (κ3) is 5.13. The van der Waals surface area contributed by atoms with Crippen molar-refractivity contribution in [1.29, 1.82) is 0 Å². The molecule has 0 aliphatic heterocycles. The second-order valence-electron chi connectivity index (χ2n) is 9.01. The molecule has 1 N–H and O–H groups in total. The van der Waals surface area contributed by atoms with Crippen molar-refractivity contribution in [3.63, 3.8) is 0 Å². The highest BCUT2D eigenvalue weighted by atomic mass is 16.5. The van der Waals surface area contributed by atoms with E-state index >= 15 is 0 Å². The molecule has 35 heavy (non-hydrogen) atoms. The van der Waals surface area contributed by atoms with Crippen molar-refractivity contribution in [2.45, 2.75) is 52.1 Å². The van der Waals surface area contributed by atoms with E-state index in [4.69, 9.17) is 9.72 Å². The molecule has 0 radical (unpaired) electrons. The summed E-state index contributed by atoms with van der Waals surface area (Å²) in [6, 6.07) is 7.53. The molecule has 1 fully saturated rings. The first kappa shape index (κ1) is 22.9. The summed E-state index contributed by atoms with van der Waals surface area (Å²) in [6.45, 7) is 2.89. The van der Waals surface area contributed by atoms with Crippen LogP contribution < -0.4 is 15.6 Å². The Hall–Kier alpha value is -3.88. The number of fused-ring (bicyclic) bond motifs is 1. The summed E-state index contributed by atoms with van der Waals surface area (Å²) in [5, 5.41) is 3.18. The van der Waals surface area contributed by atoms with Gasteiger partial charge in [-0.25, -0.2) is 15.0 Å². The Morgan fingerprint density at radius 3 is 2.57 bits per heavy atom. The molecule has 0 saturated heterocycles. The van der Waals surface area contributed by atoms with Gasteiger partial charge in [-0.3, -0.25) is 19.3 Å². The third-order valence-electron chi connectivity index (χ3n) is 6.47. The Kier molecular flexibility index (Phi) is 6.65. The Bertz CT molecular complexity index is 1360. The van der Waals surface area contributed by atoms with Gasteiger partial charge < -0.3 is 10.1 Å². The van der Waals surface area contributed by atoms with E-state index < -0.39 is 0 Å². The van der Waals surface area contributed by atoms with Gasteiger partial charge in [-0.1, -0.05) is 19.3 Å². The van der Waals surface area contributed by atoms with E-state index in [0.717, 1.165) is 35.5 Å². The van der Waals surface area contributed by atoms with E-state index in [2.05, 4.69) is 25.3 Å². The average Bonchev–Trinajstić information content (AvgIpc) is 2.90. The number of hydrogen-bond acceptors (Lipinski definition) is 8. The minimum absolute atomic E-state index is 0.166. The van der Waals surface area contributed by atoms with Gasteiger partial charge in [-0.2, -0.15) is 0 Å². The van der Waals surface area contributed by atoms with E-state index in [1.54, 1.807) is 36.3 Å². The van der Waals surface area contributed by atoms with Crippen LogP contribution in [0.2, 0.25) is 0 Å². The fraction of sp³-hybridized carbons (Fsp3) is 0.385. The zero-order valence-corrected chi connectivity index (χ0v) is 20.1. The van der Waals surface area contributed by atoms with Crippen LogP contribution in [0, 0.1) is 12.8 Å². The van der Waals surface area contributed by atoms with E-state index in [1.165, 1.54) is 19.3 Å². The number of methoxy groups -OCH3 is 1. The number of aryl methyl sites for hydroxylation is 1. The molecule has 0 amide bonds. The fourth-order valence-electron chi connectivity index (χ4n) is 4.53. The first-order chi connectivity index (χ1) is 17.1. The second-order valence-corrected chi connectivity index (χ2v) is 9.01. The van der Waals surface area contributed by atoms with Gasteiger partial charge in [0.1, 0.15) is 5.52 Å². The summed E-state index contributed by atoms with van der Waals surface area (Å²) in [4.78, 5) is 36.0. The number of pyridine rings is 2. The van der Waals surface area contributed by atoms with Crippen LogP contribution in [0.1, 0.15) is 43.5 Å². The van der Waals surface area contributed by atoms with Crippen LogP contribution in [0.3, 0.4) is 0 Å². The van der Waals surface area contributed by atoms with Crippen molar-refractivity contribution >= 4 is 17.0 Å². The maximum atomic E-state index is 13.6. The van der Waals surface area contributed by atoms with Crippen LogP contribution in [0.5, 0.6) is 5.88 Å². The Morgan fingerprint density at radius 1 is 1.00 bits per heavy atom. The van der Waals surface area contributed by atoms with E-state index in [9.17, 15) is 4.79 Å². The van der Waals surface area contributed by atoms with Crippen molar-refractivity contribution in [3.05, 3.63) is 64.6 Å². The third-order valence-corrected chi connectivity index (χ3v) is 6.47. The minimum atomic E-state index is -0.166. The number of hydrogen-bond donors (Lipinski definition) is 1. The molecule has 1 saturated carbocycles. The topological polar surface area (TPSA) is 108 Å². The summed E-state index contributed by atoms with van der Waals surface area (Å²) in [6.07, 6.45) is 11.1. The van der Waals surface area contributed by atoms with Gasteiger partial charge in [0.05, 0.1) is 36.9 Å². The van der Waals surface area contributed by atoms with Crippen molar-refractivity contribution in [3.8, 4) is 17.1 Å². The molecular weight excluding hydrogens is 442 g/mol. The lowest BCUT2D eigenvalue weighted by Gasteiger charge is -2.23. The molecule has 0 aromatic carbocycles. The Balaban J connectivity index is 1.53. The predicted molar refractivity (Wildman–Crippen MR) is 134 cm³/mol. The van der Waals surface area contributed by atoms with Gasteiger partial charge in [-0.15, -0.1) is 0 Å². The SMILES string of the molecule is COc1ccc(-c2ccc3nc(NCc4cnc(C)cn4)c(=O)n(CC4CCCCC4)c3n2)cn1. The number of ether oxygens (including phenoxy) is 1. The van der Waals surface area contributed by atoms with Gasteiger partial charge >= 0.3 is 0 Å². The first-order valence-corrected chi connectivity index (χ1v) is 12.0. The Labute approximate surface area is 203 Å². The molecule has 1 aliphatic rings. The molecule has 4 heterocycles. The Morgan fingerprint density at radius 2 is 1.86 bits per heavy atom. The van der Waals surface area contributed by atoms with Gasteiger partial charge in [-0.05, 0) is 43.9 Å². The first-order valence-electron chi connectivity index (χ1n) is 12.0. The second kappa shape index (κ2) is 10.2. The number of rotatable bonds is 7. The van der Waals surface area contributed by atoms with E-state index in [-0.39, 0.29) is 5.56 Å². The molecule has 4 aromatic rings. The smallest absolute Gasteiger partial charge is 0.294 e. The molecule has 0 spiro atoms. The highest BCUT2D eigenvalue weighted by Crippen LogP contribution is 2.27. The zero-order chi connectivity index (χ0) is 24.2. The number of aromatic nitrogens is 6. The van der Waals surface area contributed by atoms with Crippen molar-refractivity contribution < 1.29 is 4.74 Å². The van der Waals surface area contributed by atoms with Gasteiger partial charge in [0.25, 0.3) is 5.56 Å². The van der Waals surface area contributed by atoms with Crippen LogP contribution in [-0.4, -0.2) is 36.6 Å². The number of nitrogens with one attached hydrogen (secondary N) is 1. The van der Waals surface area contributed by atoms with Crippen LogP contribution >= 0.6 is 0 Å². The maximum Gasteiger partial charge on any atom is 0.294 e. The molecule has 9 nitrogen and oxygen atoms in total. The van der Waals surface area contributed by atoms with Crippen molar-refractivity contribution in [2.75, 3.05) is 12.4 Å².